The highest BCUT2D eigenvalue weighted by molar-refractivity contribution is 6.30. The van der Waals surface area contributed by atoms with E-state index in [1.165, 1.54) is 6.07 Å². The highest BCUT2D eigenvalue weighted by atomic mass is 35.5. The summed E-state index contributed by atoms with van der Waals surface area (Å²) in [5.41, 5.74) is 1.08. The van der Waals surface area contributed by atoms with Gasteiger partial charge in [-0.2, -0.15) is 0 Å². The van der Waals surface area contributed by atoms with Gasteiger partial charge >= 0.3 is 0 Å². The molecule has 18 heavy (non-hydrogen) atoms. The van der Waals surface area contributed by atoms with Crippen LogP contribution in [0.4, 0.5) is 11.6 Å². The number of hydrogen-bond donors (Lipinski definition) is 2. The molecule has 0 saturated heterocycles. The van der Waals surface area contributed by atoms with Crippen molar-refractivity contribution in [2.45, 2.75) is 6.61 Å². The van der Waals surface area contributed by atoms with E-state index in [1.807, 2.05) is 12.1 Å². The third-order valence-electron chi connectivity index (χ3n) is 2.17. The van der Waals surface area contributed by atoms with Crippen LogP contribution in [-0.4, -0.2) is 17.1 Å². The van der Waals surface area contributed by atoms with Gasteiger partial charge in [-0.1, -0.05) is 17.7 Å². The Hall–Kier alpha value is -1.85. The summed E-state index contributed by atoms with van der Waals surface area (Å²) < 4.78 is 4.94. The number of halogens is 1. The lowest BCUT2D eigenvalue weighted by Gasteiger charge is -2.06. The second-order valence-electron chi connectivity index (χ2n) is 3.65. The molecule has 1 aromatic heterocycles. The number of methoxy groups -OCH3 is 1. The molecule has 0 fully saturated rings. The fraction of sp³-hybridized carbons (Fsp3) is 0.167. The van der Waals surface area contributed by atoms with E-state index in [4.69, 9.17) is 16.3 Å². The molecule has 1 aromatic carbocycles. The number of rotatable bonds is 4. The van der Waals surface area contributed by atoms with Gasteiger partial charge in [0.05, 0.1) is 12.3 Å². The summed E-state index contributed by atoms with van der Waals surface area (Å²) in [7, 11) is 1.55. The van der Waals surface area contributed by atoms with E-state index in [-0.39, 0.29) is 12.2 Å². The van der Waals surface area contributed by atoms with Crippen LogP contribution in [0, 0.1) is 0 Å². The van der Waals surface area contributed by atoms with Crippen molar-refractivity contribution in [3.05, 3.63) is 51.4 Å². The first-order valence-corrected chi connectivity index (χ1v) is 5.67. The van der Waals surface area contributed by atoms with E-state index >= 15 is 0 Å². The van der Waals surface area contributed by atoms with Crippen molar-refractivity contribution in [1.82, 2.24) is 9.97 Å². The normalized spacial score (nSPS) is 10.3. The molecule has 0 unspecified atom stereocenters. The standard InChI is InChI=1S/C12H12ClN3O2/c1-18-7-10-6-11(17)16-12(15-10)14-9-4-2-3-8(13)5-9/h2-6H,7H2,1H3,(H2,14,15,16,17). The molecule has 2 aromatic rings. The zero-order valence-corrected chi connectivity index (χ0v) is 10.5. The molecule has 5 nitrogen and oxygen atoms in total. The molecule has 0 aliphatic carbocycles. The van der Waals surface area contributed by atoms with Crippen molar-refractivity contribution in [2.24, 2.45) is 0 Å². The van der Waals surface area contributed by atoms with Crippen molar-refractivity contribution in [2.75, 3.05) is 12.4 Å². The van der Waals surface area contributed by atoms with Crippen molar-refractivity contribution in [3.8, 4) is 0 Å². The van der Waals surface area contributed by atoms with Gasteiger partial charge in [-0.3, -0.25) is 9.78 Å². The van der Waals surface area contributed by atoms with Crippen LogP contribution in [0.25, 0.3) is 0 Å². The van der Waals surface area contributed by atoms with E-state index in [0.717, 1.165) is 5.69 Å². The smallest absolute Gasteiger partial charge is 0.252 e. The first-order valence-electron chi connectivity index (χ1n) is 5.29. The average molecular weight is 266 g/mol. The third kappa shape index (κ3) is 3.32. The van der Waals surface area contributed by atoms with Crippen LogP contribution >= 0.6 is 11.6 Å². The van der Waals surface area contributed by atoms with Crippen molar-refractivity contribution in [3.63, 3.8) is 0 Å². The first kappa shape index (κ1) is 12.6. The number of benzene rings is 1. The molecule has 0 atom stereocenters. The van der Waals surface area contributed by atoms with Gasteiger partial charge in [-0.25, -0.2) is 4.98 Å². The second-order valence-corrected chi connectivity index (χ2v) is 4.09. The Kier molecular flexibility index (Phi) is 3.96. The molecule has 0 radical (unpaired) electrons. The van der Waals surface area contributed by atoms with Gasteiger partial charge in [0, 0.05) is 23.9 Å². The topological polar surface area (TPSA) is 67.0 Å². The Morgan fingerprint density at radius 3 is 3.00 bits per heavy atom. The Labute approximate surface area is 109 Å². The Morgan fingerprint density at radius 2 is 2.28 bits per heavy atom. The fourth-order valence-corrected chi connectivity index (χ4v) is 1.68. The maximum Gasteiger partial charge on any atom is 0.252 e. The molecule has 0 aliphatic rings. The van der Waals surface area contributed by atoms with E-state index in [0.29, 0.717) is 16.7 Å². The van der Waals surface area contributed by atoms with Crippen LogP contribution in [0.1, 0.15) is 5.69 Å². The summed E-state index contributed by atoms with van der Waals surface area (Å²) in [5.74, 6) is 0.358. The molecule has 0 aliphatic heterocycles. The Balaban J connectivity index is 2.26. The molecule has 1 heterocycles. The lowest BCUT2D eigenvalue weighted by atomic mass is 10.3. The second kappa shape index (κ2) is 5.66. The van der Waals surface area contributed by atoms with Gasteiger partial charge in [0.2, 0.25) is 5.95 Å². The number of hydrogen-bond acceptors (Lipinski definition) is 4. The summed E-state index contributed by atoms with van der Waals surface area (Å²) in [6.45, 7) is 0.286. The van der Waals surface area contributed by atoms with Gasteiger partial charge in [-0.05, 0) is 18.2 Å². The Bertz CT molecular complexity index is 598. The minimum atomic E-state index is -0.235. The maximum atomic E-state index is 11.4. The summed E-state index contributed by atoms with van der Waals surface area (Å²) in [6.07, 6.45) is 0. The van der Waals surface area contributed by atoms with Gasteiger partial charge < -0.3 is 10.1 Å². The third-order valence-corrected chi connectivity index (χ3v) is 2.41. The molecule has 2 N–H and O–H groups in total. The van der Waals surface area contributed by atoms with Gasteiger partial charge in [0.25, 0.3) is 5.56 Å². The number of nitrogens with one attached hydrogen (secondary N) is 2. The molecule has 0 spiro atoms. The highest BCUT2D eigenvalue weighted by Gasteiger charge is 2.02. The predicted octanol–water partition coefficient (Wildman–Crippen LogP) is 2.31. The lowest BCUT2D eigenvalue weighted by molar-refractivity contribution is 0.181. The summed E-state index contributed by atoms with van der Waals surface area (Å²) in [5, 5.41) is 3.58. The van der Waals surface area contributed by atoms with Crippen LogP contribution in [0.15, 0.2) is 35.1 Å². The quantitative estimate of drug-likeness (QED) is 0.890. The molecular formula is C12H12ClN3O2. The van der Waals surface area contributed by atoms with E-state index in [9.17, 15) is 4.79 Å². The molecule has 0 bridgehead atoms. The lowest BCUT2D eigenvalue weighted by Crippen LogP contribution is -2.12. The summed E-state index contributed by atoms with van der Waals surface area (Å²) in [4.78, 5) is 18.2. The van der Waals surface area contributed by atoms with E-state index < -0.39 is 0 Å². The van der Waals surface area contributed by atoms with Crippen LogP contribution < -0.4 is 10.9 Å². The largest absolute Gasteiger partial charge is 0.378 e. The number of anilines is 2. The number of aromatic amines is 1. The zero-order valence-electron chi connectivity index (χ0n) is 9.74. The molecule has 2 rings (SSSR count). The van der Waals surface area contributed by atoms with Crippen LogP contribution in [0.5, 0.6) is 0 Å². The number of nitrogens with zero attached hydrogens (tertiary/aromatic N) is 1. The first-order chi connectivity index (χ1) is 8.67. The molecular weight excluding hydrogens is 254 g/mol. The van der Waals surface area contributed by atoms with Crippen LogP contribution in [-0.2, 0) is 11.3 Å². The summed E-state index contributed by atoms with van der Waals surface area (Å²) in [6, 6.07) is 8.54. The van der Waals surface area contributed by atoms with Crippen molar-refractivity contribution < 1.29 is 4.74 Å². The van der Waals surface area contributed by atoms with Gasteiger partial charge in [0.1, 0.15) is 0 Å². The van der Waals surface area contributed by atoms with Crippen LogP contribution in [0.3, 0.4) is 0 Å². The molecule has 0 amide bonds. The van der Waals surface area contributed by atoms with Gasteiger partial charge in [0.15, 0.2) is 0 Å². The monoisotopic (exact) mass is 265 g/mol. The molecule has 6 heteroatoms. The maximum absolute atomic E-state index is 11.4. The average Bonchev–Trinajstić information content (AvgIpc) is 2.28. The molecule has 94 valence electrons. The fourth-order valence-electron chi connectivity index (χ4n) is 1.49. The summed E-state index contributed by atoms with van der Waals surface area (Å²) >= 11 is 5.87. The minimum Gasteiger partial charge on any atom is -0.378 e. The Morgan fingerprint density at radius 1 is 1.44 bits per heavy atom. The predicted molar refractivity (Wildman–Crippen MR) is 70.3 cm³/mol. The number of aromatic nitrogens is 2. The number of H-pyrrole nitrogens is 1. The van der Waals surface area contributed by atoms with E-state index in [2.05, 4.69) is 15.3 Å². The highest BCUT2D eigenvalue weighted by Crippen LogP contribution is 2.17. The van der Waals surface area contributed by atoms with Crippen molar-refractivity contribution in [1.29, 1.82) is 0 Å². The van der Waals surface area contributed by atoms with Crippen LogP contribution in [0.2, 0.25) is 5.02 Å². The van der Waals surface area contributed by atoms with Gasteiger partial charge in [-0.15, -0.1) is 0 Å². The zero-order chi connectivity index (χ0) is 13.0. The molecule has 0 saturated carbocycles. The minimum absolute atomic E-state index is 0.235. The SMILES string of the molecule is COCc1cc(=O)[nH]c(Nc2cccc(Cl)c2)n1. The van der Waals surface area contributed by atoms with Crippen molar-refractivity contribution >= 4 is 23.2 Å². The number of ether oxygens (including phenoxy) is 1. The van der Waals surface area contributed by atoms with E-state index in [1.54, 1.807) is 19.2 Å².